The van der Waals surface area contributed by atoms with E-state index >= 15 is 0 Å². The van der Waals surface area contributed by atoms with Gasteiger partial charge in [-0.05, 0) is 13.8 Å². The Morgan fingerprint density at radius 3 is 2.35 bits per heavy atom. The lowest BCUT2D eigenvalue weighted by molar-refractivity contribution is -0.158. The number of hydrogen-bond donors (Lipinski definition) is 3. The van der Waals surface area contributed by atoms with Crippen LogP contribution < -0.4 is 10.6 Å². The number of nitrogens with zero attached hydrogens (tertiary/aromatic N) is 1. The highest BCUT2D eigenvalue weighted by Gasteiger charge is 2.38. The van der Waals surface area contributed by atoms with Crippen LogP contribution in [0.4, 0.5) is 0 Å². The summed E-state index contributed by atoms with van der Waals surface area (Å²) in [5, 5.41) is 4.53. The van der Waals surface area contributed by atoms with Crippen molar-refractivity contribution in [1.82, 2.24) is 15.5 Å². The molecule has 1 aliphatic rings. The van der Waals surface area contributed by atoms with Crippen LogP contribution in [0.5, 0.6) is 0 Å². The van der Waals surface area contributed by atoms with Crippen LogP contribution in [0.3, 0.4) is 0 Å². The zero-order valence-corrected chi connectivity index (χ0v) is 26.3. The zero-order chi connectivity index (χ0) is 32.4. The fraction of sp³-hybridized carbons (Fsp3) is 0.750. The van der Waals surface area contributed by atoms with E-state index in [1.807, 2.05) is 13.8 Å². The summed E-state index contributed by atoms with van der Waals surface area (Å²) in [6.45, 7) is 4.35. The van der Waals surface area contributed by atoms with Crippen LogP contribution in [0.15, 0.2) is 0 Å². The van der Waals surface area contributed by atoms with Gasteiger partial charge in [-0.25, -0.2) is 4.57 Å². The van der Waals surface area contributed by atoms with Gasteiger partial charge in [0.25, 0.3) is 0 Å². The Hall–Kier alpha value is -2.60. The number of nitrogens with one attached hydrogen (secondary N) is 2. The molecule has 2 unspecified atom stereocenters. The number of thioether (sulfide) groups is 1. The lowest BCUT2D eigenvalue weighted by atomic mass is 10.4. The van der Waals surface area contributed by atoms with Crippen molar-refractivity contribution in [2.75, 3.05) is 65.1 Å². The van der Waals surface area contributed by atoms with E-state index in [0.717, 1.165) is 30.5 Å². The minimum absolute atomic E-state index is 0.0141. The largest absolute Gasteiger partial charge is 0.472 e. The number of phosphoric acid groups is 1. The molecule has 1 rings (SSSR count). The Morgan fingerprint density at radius 1 is 1.00 bits per heavy atom. The van der Waals surface area contributed by atoms with Crippen molar-refractivity contribution in [3.63, 3.8) is 0 Å². The molecule has 1 saturated heterocycles. The molecule has 43 heavy (non-hydrogen) atoms. The normalized spacial score (nSPS) is 17.0. The molecule has 3 atom stereocenters. The van der Waals surface area contributed by atoms with Crippen LogP contribution in [-0.2, 0) is 61.3 Å². The van der Waals surface area contributed by atoms with Crippen LogP contribution in [0.1, 0.15) is 34.1 Å². The highest BCUT2D eigenvalue weighted by Crippen LogP contribution is 2.43. The maximum atomic E-state index is 12.4. The first-order chi connectivity index (χ1) is 20.2. The molecule has 1 fully saturated rings. The third-order valence-electron chi connectivity index (χ3n) is 5.04. The second-order valence-corrected chi connectivity index (χ2v) is 11.9. The first-order valence-corrected chi connectivity index (χ1v) is 15.8. The molecule has 19 heteroatoms. The van der Waals surface area contributed by atoms with Gasteiger partial charge < -0.3 is 34.5 Å². The lowest BCUT2D eigenvalue weighted by Crippen LogP contribution is -2.35. The van der Waals surface area contributed by atoms with Crippen LogP contribution in [0, 0.1) is 0 Å². The average molecular weight is 658 g/mol. The molecule has 3 N–H and O–H groups in total. The minimum Gasteiger partial charge on any atom is -0.462 e. The lowest BCUT2D eigenvalue weighted by Gasteiger charge is -2.18. The summed E-state index contributed by atoms with van der Waals surface area (Å²) in [5.41, 5.74) is 0. The topological polar surface area (TPSA) is 222 Å². The number of rotatable bonds is 22. The number of phosphoric ester groups is 1. The van der Waals surface area contributed by atoms with Gasteiger partial charge in [-0.15, -0.1) is 11.8 Å². The molecule has 0 aromatic rings. The first kappa shape index (κ1) is 38.4. The summed E-state index contributed by atoms with van der Waals surface area (Å²) in [5.74, 6) is -2.70. The number of amides is 4. The third-order valence-corrected chi connectivity index (χ3v) is 7.22. The Labute approximate surface area is 253 Å². The van der Waals surface area contributed by atoms with Gasteiger partial charge >= 0.3 is 19.8 Å². The summed E-state index contributed by atoms with van der Waals surface area (Å²) in [6.07, 6.45) is -1.10. The molecule has 0 aromatic carbocycles. The number of imide groups is 1. The Bertz CT molecular complexity index is 1010. The number of ether oxygens (including phenoxy) is 4. The average Bonchev–Trinajstić information content (AvgIpc) is 3.17. The van der Waals surface area contributed by atoms with Crippen LogP contribution >= 0.6 is 19.6 Å². The minimum atomic E-state index is -4.56. The van der Waals surface area contributed by atoms with E-state index in [0.29, 0.717) is 0 Å². The quantitative estimate of drug-likeness (QED) is 0.0558. The zero-order valence-electron chi connectivity index (χ0n) is 24.6. The Balaban J connectivity index is 2.15. The molecule has 0 spiro atoms. The van der Waals surface area contributed by atoms with Crippen LogP contribution in [0.2, 0.25) is 0 Å². The molecule has 0 aromatic heterocycles. The van der Waals surface area contributed by atoms with Crippen molar-refractivity contribution in [3.05, 3.63) is 0 Å². The molecular weight excluding hydrogens is 617 g/mol. The third kappa shape index (κ3) is 18.0. The van der Waals surface area contributed by atoms with Gasteiger partial charge in [-0.1, -0.05) is 0 Å². The molecule has 0 radical (unpaired) electrons. The van der Waals surface area contributed by atoms with Crippen LogP contribution in [-0.4, -0.2) is 128 Å². The number of carbonyl (C=O) groups is 6. The monoisotopic (exact) mass is 657 g/mol. The molecule has 0 bridgehead atoms. The molecule has 17 nitrogen and oxygen atoms in total. The van der Waals surface area contributed by atoms with Crippen molar-refractivity contribution in [1.29, 1.82) is 0 Å². The van der Waals surface area contributed by atoms with E-state index in [4.69, 9.17) is 28.0 Å². The predicted octanol–water partition coefficient (Wildman–Crippen LogP) is -0.850. The highest BCUT2D eigenvalue weighted by molar-refractivity contribution is 8.01. The molecule has 246 valence electrons. The molecular formula is C24H40N3O14PS. The van der Waals surface area contributed by atoms with Crippen molar-refractivity contribution in [3.8, 4) is 0 Å². The summed E-state index contributed by atoms with van der Waals surface area (Å²) in [7, 11) is -4.56. The summed E-state index contributed by atoms with van der Waals surface area (Å²) >= 11 is 1.13. The highest BCUT2D eigenvalue weighted by atomic mass is 32.2. The van der Waals surface area contributed by atoms with Gasteiger partial charge in [0, 0.05) is 32.9 Å². The standard InChI is InChI=1S/C24H40N3O14PS/c1-16(2)26-22(31)15-43-20-11-23(32)27(24(20)33)6-8-36-9-10-37-14-21(30)25-5-7-39-42(34,35)40-13-19(41-18(4)29)12-38-17(3)28/h16,19-20H,5-15H2,1-4H3,(H,25,30)(H,26,31)(H,34,35)/t19-,20?/m1/s1. The fourth-order valence-corrected chi connectivity index (χ4v) is 4.99. The number of carbonyl (C=O) groups excluding carboxylic acids is 6. The predicted molar refractivity (Wildman–Crippen MR) is 149 cm³/mol. The van der Waals surface area contributed by atoms with E-state index in [2.05, 4.69) is 10.6 Å². The molecule has 1 heterocycles. The molecule has 0 saturated carbocycles. The van der Waals surface area contributed by atoms with Gasteiger partial charge in [-0.2, -0.15) is 0 Å². The SMILES string of the molecule is CC(=O)OC[C@H](COP(=O)(O)OCCNC(=O)COCCOCCN1C(=O)CC(SCC(=O)NC(C)C)C1=O)OC(C)=O. The van der Waals surface area contributed by atoms with Gasteiger partial charge in [0.15, 0.2) is 6.10 Å². The van der Waals surface area contributed by atoms with Gasteiger partial charge in [0.05, 0.1) is 50.6 Å². The number of hydrogen-bond acceptors (Lipinski definition) is 14. The van der Waals surface area contributed by atoms with E-state index in [9.17, 15) is 38.2 Å². The van der Waals surface area contributed by atoms with Gasteiger partial charge in [-0.3, -0.25) is 42.7 Å². The van der Waals surface area contributed by atoms with Crippen molar-refractivity contribution in [2.24, 2.45) is 0 Å². The number of esters is 2. The van der Waals surface area contributed by atoms with E-state index < -0.39 is 43.6 Å². The maximum absolute atomic E-state index is 12.4. The number of likely N-dealkylation sites (tertiary alicyclic amines) is 1. The van der Waals surface area contributed by atoms with E-state index in [1.165, 1.54) is 0 Å². The maximum Gasteiger partial charge on any atom is 0.472 e. The summed E-state index contributed by atoms with van der Waals surface area (Å²) in [4.78, 5) is 81.0. The van der Waals surface area contributed by atoms with Crippen molar-refractivity contribution < 1.29 is 66.2 Å². The fourth-order valence-electron chi connectivity index (χ4n) is 3.28. The second kappa shape index (κ2) is 20.4. The van der Waals surface area contributed by atoms with E-state index in [1.54, 1.807) is 0 Å². The van der Waals surface area contributed by atoms with Gasteiger partial charge in [0.1, 0.15) is 13.2 Å². The Kier molecular flexibility index (Phi) is 18.2. The van der Waals surface area contributed by atoms with Crippen molar-refractivity contribution in [2.45, 2.75) is 51.5 Å². The smallest absolute Gasteiger partial charge is 0.462 e. The van der Waals surface area contributed by atoms with Gasteiger partial charge in [0.2, 0.25) is 23.6 Å². The molecule has 0 aliphatic carbocycles. The molecule has 1 aliphatic heterocycles. The Morgan fingerprint density at radius 2 is 1.70 bits per heavy atom. The van der Waals surface area contributed by atoms with Crippen molar-refractivity contribution >= 4 is 55.2 Å². The first-order valence-electron chi connectivity index (χ1n) is 13.3. The molecule has 4 amide bonds. The summed E-state index contributed by atoms with van der Waals surface area (Å²) < 4.78 is 41.5. The van der Waals surface area contributed by atoms with E-state index in [-0.39, 0.29) is 88.7 Å². The van der Waals surface area contributed by atoms with Crippen LogP contribution in [0.25, 0.3) is 0 Å². The summed E-state index contributed by atoms with van der Waals surface area (Å²) in [6, 6.07) is -0.0141. The second-order valence-electron chi connectivity index (χ2n) is 9.26.